The molecule has 0 spiro atoms. The van der Waals surface area contributed by atoms with Crippen molar-refractivity contribution in [2.75, 3.05) is 0 Å². The fraction of sp³-hybridized carbons (Fsp3) is 0.188. The maximum atomic E-state index is 12.5. The Morgan fingerprint density at radius 3 is 2.32 bits per heavy atom. The minimum atomic E-state index is -4.41. The Labute approximate surface area is 130 Å². The van der Waals surface area contributed by atoms with E-state index in [1.807, 2.05) is 6.07 Å². The van der Waals surface area contributed by atoms with E-state index in [2.05, 4.69) is 5.32 Å². The molecule has 0 aliphatic carbocycles. The van der Waals surface area contributed by atoms with Crippen molar-refractivity contribution in [1.29, 1.82) is 0 Å². The standard InChI is InChI=1S/C16H13ClF3NO/c1-10(12-3-2-4-14(17)9-12)21-15(22)11-5-7-13(8-6-11)16(18,19)20/h2-10H,1H3,(H,21,22)/t10-/m1/s1. The fourth-order valence-electron chi connectivity index (χ4n) is 1.95. The van der Waals surface area contributed by atoms with Crippen LogP contribution in [0.1, 0.15) is 34.5 Å². The molecule has 0 unspecified atom stereocenters. The molecule has 2 aromatic carbocycles. The predicted molar refractivity (Wildman–Crippen MR) is 78.8 cm³/mol. The molecule has 0 aliphatic rings. The summed E-state index contributed by atoms with van der Waals surface area (Å²) in [6.07, 6.45) is -4.41. The third kappa shape index (κ3) is 4.01. The third-order valence-electron chi connectivity index (χ3n) is 3.17. The van der Waals surface area contributed by atoms with E-state index in [1.54, 1.807) is 25.1 Å². The Morgan fingerprint density at radius 1 is 1.14 bits per heavy atom. The molecule has 0 fully saturated rings. The van der Waals surface area contributed by atoms with Gasteiger partial charge in [-0.15, -0.1) is 0 Å². The minimum Gasteiger partial charge on any atom is -0.346 e. The van der Waals surface area contributed by atoms with Crippen LogP contribution in [0.5, 0.6) is 0 Å². The molecule has 0 radical (unpaired) electrons. The first-order valence-corrected chi connectivity index (χ1v) is 6.89. The Bertz CT molecular complexity index is 668. The number of nitrogens with one attached hydrogen (secondary N) is 1. The van der Waals surface area contributed by atoms with Crippen LogP contribution in [0, 0.1) is 0 Å². The first-order chi connectivity index (χ1) is 10.3. The van der Waals surface area contributed by atoms with Gasteiger partial charge in [-0.1, -0.05) is 23.7 Å². The van der Waals surface area contributed by atoms with Gasteiger partial charge in [0.1, 0.15) is 0 Å². The summed E-state index contributed by atoms with van der Waals surface area (Å²) in [5.41, 5.74) is 0.196. The number of amides is 1. The van der Waals surface area contributed by atoms with Crippen LogP contribution in [0.3, 0.4) is 0 Å². The van der Waals surface area contributed by atoms with Crippen LogP contribution in [-0.2, 0) is 6.18 Å². The lowest BCUT2D eigenvalue weighted by Gasteiger charge is -2.15. The highest BCUT2D eigenvalue weighted by molar-refractivity contribution is 6.30. The van der Waals surface area contributed by atoms with Crippen molar-refractivity contribution in [3.63, 3.8) is 0 Å². The minimum absolute atomic E-state index is 0.168. The lowest BCUT2D eigenvalue weighted by atomic mass is 10.1. The van der Waals surface area contributed by atoms with Gasteiger partial charge in [0.25, 0.3) is 5.91 Å². The van der Waals surface area contributed by atoms with Gasteiger partial charge in [0.15, 0.2) is 0 Å². The second kappa shape index (κ2) is 6.40. The van der Waals surface area contributed by atoms with E-state index in [0.717, 1.165) is 29.8 Å². The summed E-state index contributed by atoms with van der Waals surface area (Å²) >= 11 is 5.88. The largest absolute Gasteiger partial charge is 0.416 e. The molecule has 0 aromatic heterocycles. The van der Waals surface area contributed by atoms with Gasteiger partial charge in [0.2, 0.25) is 0 Å². The van der Waals surface area contributed by atoms with Gasteiger partial charge in [-0.2, -0.15) is 13.2 Å². The molecule has 6 heteroatoms. The highest BCUT2D eigenvalue weighted by atomic mass is 35.5. The third-order valence-corrected chi connectivity index (χ3v) is 3.41. The normalized spacial score (nSPS) is 12.8. The molecule has 0 bridgehead atoms. The lowest BCUT2D eigenvalue weighted by molar-refractivity contribution is -0.137. The first-order valence-electron chi connectivity index (χ1n) is 6.51. The molecule has 1 atom stereocenters. The van der Waals surface area contributed by atoms with Crippen LogP contribution in [0.4, 0.5) is 13.2 Å². The van der Waals surface area contributed by atoms with Crippen molar-refractivity contribution >= 4 is 17.5 Å². The maximum absolute atomic E-state index is 12.5. The highest BCUT2D eigenvalue weighted by Crippen LogP contribution is 2.29. The summed E-state index contributed by atoms with van der Waals surface area (Å²) in [5.74, 6) is -0.443. The van der Waals surface area contributed by atoms with Gasteiger partial charge in [0.05, 0.1) is 11.6 Å². The smallest absolute Gasteiger partial charge is 0.346 e. The predicted octanol–water partition coefficient (Wildman–Crippen LogP) is 4.85. The number of carbonyl (C=O) groups is 1. The maximum Gasteiger partial charge on any atom is 0.416 e. The molecule has 0 heterocycles. The van der Waals surface area contributed by atoms with Crippen molar-refractivity contribution in [3.05, 3.63) is 70.2 Å². The lowest BCUT2D eigenvalue weighted by Crippen LogP contribution is -2.26. The average Bonchev–Trinajstić information content (AvgIpc) is 2.46. The molecule has 0 saturated carbocycles. The van der Waals surface area contributed by atoms with E-state index in [-0.39, 0.29) is 11.6 Å². The van der Waals surface area contributed by atoms with E-state index >= 15 is 0 Å². The molecular formula is C16H13ClF3NO. The van der Waals surface area contributed by atoms with Crippen molar-refractivity contribution in [2.45, 2.75) is 19.1 Å². The molecule has 2 rings (SSSR count). The number of hydrogen-bond acceptors (Lipinski definition) is 1. The van der Waals surface area contributed by atoms with Gasteiger partial charge in [-0.25, -0.2) is 0 Å². The van der Waals surface area contributed by atoms with Gasteiger partial charge in [0, 0.05) is 10.6 Å². The van der Waals surface area contributed by atoms with Gasteiger partial charge >= 0.3 is 6.18 Å². The molecule has 1 amide bonds. The Morgan fingerprint density at radius 2 is 1.77 bits per heavy atom. The van der Waals surface area contributed by atoms with Crippen LogP contribution >= 0.6 is 11.6 Å². The number of halogens is 4. The fourth-order valence-corrected chi connectivity index (χ4v) is 2.15. The zero-order valence-electron chi connectivity index (χ0n) is 11.6. The van der Waals surface area contributed by atoms with Crippen LogP contribution in [0.25, 0.3) is 0 Å². The van der Waals surface area contributed by atoms with Crippen molar-refractivity contribution in [3.8, 4) is 0 Å². The van der Waals surface area contributed by atoms with Crippen molar-refractivity contribution < 1.29 is 18.0 Å². The van der Waals surface area contributed by atoms with Crippen molar-refractivity contribution in [2.24, 2.45) is 0 Å². The van der Waals surface area contributed by atoms with E-state index < -0.39 is 17.6 Å². The Hall–Kier alpha value is -2.01. The van der Waals surface area contributed by atoms with Crippen LogP contribution < -0.4 is 5.32 Å². The average molecular weight is 328 g/mol. The van der Waals surface area contributed by atoms with E-state index in [4.69, 9.17) is 11.6 Å². The van der Waals surface area contributed by atoms with Crippen LogP contribution in [0.15, 0.2) is 48.5 Å². The summed E-state index contributed by atoms with van der Waals surface area (Å²) in [6, 6.07) is 10.8. The summed E-state index contributed by atoms with van der Waals surface area (Å²) in [6.45, 7) is 1.77. The van der Waals surface area contributed by atoms with Crippen LogP contribution in [0.2, 0.25) is 5.02 Å². The van der Waals surface area contributed by atoms with E-state index in [0.29, 0.717) is 5.02 Å². The van der Waals surface area contributed by atoms with E-state index in [1.165, 1.54) is 0 Å². The Balaban J connectivity index is 2.09. The topological polar surface area (TPSA) is 29.1 Å². The van der Waals surface area contributed by atoms with Crippen LogP contribution in [-0.4, -0.2) is 5.91 Å². The zero-order chi connectivity index (χ0) is 16.3. The number of hydrogen-bond donors (Lipinski definition) is 1. The molecule has 0 saturated heterocycles. The van der Waals surface area contributed by atoms with E-state index in [9.17, 15) is 18.0 Å². The van der Waals surface area contributed by atoms with Gasteiger partial charge < -0.3 is 5.32 Å². The number of carbonyl (C=O) groups excluding carboxylic acids is 1. The number of rotatable bonds is 3. The quantitative estimate of drug-likeness (QED) is 0.858. The first kappa shape index (κ1) is 16.4. The monoisotopic (exact) mass is 327 g/mol. The van der Waals surface area contributed by atoms with Crippen molar-refractivity contribution in [1.82, 2.24) is 5.32 Å². The Kier molecular flexibility index (Phi) is 4.76. The second-order valence-corrected chi connectivity index (χ2v) is 5.26. The second-order valence-electron chi connectivity index (χ2n) is 4.83. The summed E-state index contributed by atoms with van der Waals surface area (Å²) in [4.78, 5) is 12.0. The summed E-state index contributed by atoms with van der Waals surface area (Å²) < 4.78 is 37.4. The number of benzene rings is 2. The molecule has 116 valence electrons. The summed E-state index contributed by atoms with van der Waals surface area (Å²) in [7, 11) is 0. The highest BCUT2D eigenvalue weighted by Gasteiger charge is 2.30. The SMILES string of the molecule is C[C@@H](NC(=O)c1ccc(C(F)(F)F)cc1)c1cccc(Cl)c1. The molecule has 1 N–H and O–H groups in total. The summed E-state index contributed by atoms with van der Waals surface area (Å²) in [5, 5.41) is 3.27. The molecule has 0 aliphatic heterocycles. The molecule has 2 aromatic rings. The molecular weight excluding hydrogens is 315 g/mol. The van der Waals surface area contributed by atoms with Gasteiger partial charge in [-0.05, 0) is 48.9 Å². The molecule has 2 nitrogen and oxygen atoms in total. The van der Waals surface area contributed by atoms with Gasteiger partial charge in [-0.3, -0.25) is 4.79 Å². The zero-order valence-corrected chi connectivity index (χ0v) is 12.4. The number of alkyl halides is 3. The molecule has 22 heavy (non-hydrogen) atoms.